The Hall–Kier alpha value is -3.70. The Morgan fingerprint density at radius 1 is 1.14 bits per heavy atom. The quantitative estimate of drug-likeness (QED) is 0.289. The van der Waals surface area contributed by atoms with Crippen LogP contribution >= 0.6 is 0 Å². The molecule has 35 heavy (non-hydrogen) atoms. The summed E-state index contributed by atoms with van der Waals surface area (Å²) in [5, 5.41) is 44.3. The number of primary amides is 1. The lowest BCUT2D eigenvalue weighted by molar-refractivity contribution is -0.184. The fourth-order valence-corrected chi connectivity index (χ4v) is 5.88. The van der Waals surface area contributed by atoms with E-state index < -0.39 is 81.6 Å². The normalized spacial score (nSPS) is 32.2. The van der Waals surface area contributed by atoms with E-state index in [0.717, 1.165) is 6.92 Å². The number of carbonyl (C=O) groups is 4. The fourth-order valence-electron chi connectivity index (χ4n) is 5.88. The summed E-state index contributed by atoms with van der Waals surface area (Å²) in [7, 11) is 2.92. The van der Waals surface area contributed by atoms with Crippen LogP contribution in [0.2, 0.25) is 0 Å². The molecule has 11 nitrogen and oxygen atoms in total. The lowest BCUT2D eigenvalue weighted by atomic mass is 9.54. The van der Waals surface area contributed by atoms with Crippen molar-refractivity contribution in [3.8, 4) is 5.75 Å². The molecule has 3 aliphatic carbocycles. The van der Waals surface area contributed by atoms with Gasteiger partial charge in [-0.3, -0.25) is 24.1 Å². The number of amides is 1. The summed E-state index contributed by atoms with van der Waals surface area (Å²) >= 11 is 0. The molecule has 0 saturated heterocycles. The number of esters is 1. The Bertz CT molecular complexity index is 1250. The molecular weight excluding hydrogens is 460 g/mol. The summed E-state index contributed by atoms with van der Waals surface area (Å²) in [6, 6.07) is 3.08. The van der Waals surface area contributed by atoms with E-state index in [1.54, 1.807) is 19.1 Å². The summed E-state index contributed by atoms with van der Waals surface area (Å²) in [6.07, 6.45) is -1.40. The van der Waals surface area contributed by atoms with E-state index in [-0.39, 0.29) is 11.3 Å². The average molecular weight is 486 g/mol. The standard InChI is InChI=1S/C24H26N2O9/c1-8-10-6-5-7-11(28)13(10)18(29)14-12(8)20(35-9(2)27)16-17(26(3)4)19(30)15(23(25)33)22(32)24(16,34)21(14)31/h5-8,12,16-17,20,28-29,32,34H,1-4H3,(H2,25,33)/t8?,12-,16-,17+,20+,24+/m1/s1. The second-order valence-corrected chi connectivity index (χ2v) is 9.37. The lowest BCUT2D eigenvalue weighted by Gasteiger charge is -2.54. The third-order valence-electron chi connectivity index (χ3n) is 7.27. The van der Waals surface area contributed by atoms with Crippen LogP contribution in [0.5, 0.6) is 5.75 Å². The average Bonchev–Trinajstić information content (AvgIpc) is 2.75. The number of carbonyl (C=O) groups excluding carboxylic acids is 4. The number of phenolic OH excluding ortho intramolecular Hbond substituents is 1. The highest BCUT2D eigenvalue weighted by molar-refractivity contribution is 6.24. The number of hydrogen-bond acceptors (Lipinski definition) is 10. The van der Waals surface area contributed by atoms with Crippen molar-refractivity contribution in [3.05, 3.63) is 46.2 Å². The minimum Gasteiger partial charge on any atom is -0.508 e. The van der Waals surface area contributed by atoms with Gasteiger partial charge in [-0.15, -0.1) is 0 Å². The van der Waals surface area contributed by atoms with Gasteiger partial charge in [-0.1, -0.05) is 19.1 Å². The molecule has 4 rings (SSSR count). The fraction of sp³-hybridized carbons (Fsp3) is 0.417. The van der Waals surface area contributed by atoms with Crippen molar-refractivity contribution in [2.24, 2.45) is 17.6 Å². The lowest BCUT2D eigenvalue weighted by Crippen LogP contribution is -2.71. The van der Waals surface area contributed by atoms with Crippen LogP contribution in [0.1, 0.15) is 30.9 Å². The number of rotatable bonds is 3. The molecular formula is C24H26N2O9. The highest BCUT2D eigenvalue weighted by Crippen LogP contribution is 2.56. The molecule has 0 bridgehead atoms. The number of fused-ring (bicyclic) bond motifs is 3. The van der Waals surface area contributed by atoms with Crippen LogP contribution in [-0.2, 0) is 23.9 Å². The summed E-state index contributed by atoms with van der Waals surface area (Å²) in [6.45, 7) is 2.79. The van der Waals surface area contributed by atoms with Crippen LogP contribution < -0.4 is 5.73 Å². The number of aromatic hydroxyl groups is 1. The van der Waals surface area contributed by atoms with E-state index in [1.807, 2.05) is 0 Å². The monoisotopic (exact) mass is 486 g/mol. The zero-order valence-electron chi connectivity index (χ0n) is 19.5. The van der Waals surface area contributed by atoms with Crippen LogP contribution in [0.25, 0.3) is 5.76 Å². The number of benzene rings is 1. The number of phenols is 1. The number of hydrogen-bond donors (Lipinski definition) is 5. The van der Waals surface area contributed by atoms with Gasteiger partial charge in [-0.05, 0) is 31.6 Å². The van der Waals surface area contributed by atoms with E-state index in [0.29, 0.717) is 5.56 Å². The number of ether oxygens (including phenoxy) is 1. The zero-order chi connectivity index (χ0) is 26.1. The number of likely N-dealkylation sites (N-methyl/N-ethyl adjacent to an activating group) is 1. The Morgan fingerprint density at radius 2 is 1.77 bits per heavy atom. The van der Waals surface area contributed by atoms with E-state index in [4.69, 9.17) is 10.5 Å². The summed E-state index contributed by atoms with van der Waals surface area (Å²) in [4.78, 5) is 52.8. The Labute approximate surface area is 200 Å². The van der Waals surface area contributed by atoms with Gasteiger partial charge in [0.25, 0.3) is 5.91 Å². The summed E-state index contributed by atoms with van der Waals surface area (Å²) in [5.74, 6) is -9.79. The SMILES string of the molecule is CC(=O)O[C@@H]1[C@H]2[C@H](N(C)C)C(=O)C(C(N)=O)=C(O)[C@@]2(O)C(=O)C2=C(O)c3c(O)cccc3C(C)[C@H]21. The molecule has 6 atom stereocenters. The molecule has 1 aromatic carbocycles. The second-order valence-electron chi connectivity index (χ2n) is 9.37. The Kier molecular flexibility index (Phi) is 5.53. The van der Waals surface area contributed by atoms with Gasteiger partial charge < -0.3 is 30.9 Å². The first-order chi connectivity index (χ1) is 16.3. The zero-order valence-corrected chi connectivity index (χ0v) is 19.5. The second kappa shape index (κ2) is 7.92. The smallest absolute Gasteiger partial charge is 0.302 e. The van der Waals surface area contributed by atoms with Crippen molar-refractivity contribution in [1.82, 2.24) is 4.90 Å². The van der Waals surface area contributed by atoms with Gasteiger partial charge in [-0.2, -0.15) is 0 Å². The van der Waals surface area contributed by atoms with Crippen LogP contribution in [0.15, 0.2) is 35.1 Å². The maximum Gasteiger partial charge on any atom is 0.302 e. The molecule has 0 aliphatic heterocycles. The van der Waals surface area contributed by atoms with Crippen molar-refractivity contribution in [2.45, 2.75) is 37.5 Å². The van der Waals surface area contributed by atoms with Crippen LogP contribution in [0.4, 0.5) is 0 Å². The molecule has 3 aliphatic rings. The molecule has 0 spiro atoms. The molecule has 0 heterocycles. The summed E-state index contributed by atoms with van der Waals surface area (Å²) in [5.41, 5.74) is 1.43. The van der Waals surface area contributed by atoms with Gasteiger partial charge in [0.15, 0.2) is 11.4 Å². The molecule has 1 aromatic rings. The minimum absolute atomic E-state index is 0.0436. The highest BCUT2D eigenvalue weighted by Gasteiger charge is 2.69. The number of aliphatic hydroxyl groups excluding tert-OH is 2. The molecule has 6 N–H and O–H groups in total. The molecule has 0 radical (unpaired) electrons. The molecule has 186 valence electrons. The van der Waals surface area contributed by atoms with Crippen LogP contribution in [0.3, 0.4) is 0 Å². The third kappa shape index (κ3) is 3.11. The first-order valence-corrected chi connectivity index (χ1v) is 10.9. The van der Waals surface area contributed by atoms with Crippen LogP contribution in [-0.4, -0.2) is 80.6 Å². The van der Waals surface area contributed by atoms with Gasteiger partial charge in [0.2, 0.25) is 5.78 Å². The van der Waals surface area contributed by atoms with Crippen molar-refractivity contribution < 1.29 is 44.3 Å². The molecule has 1 unspecified atom stereocenters. The topological polar surface area (TPSA) is 188 Å². The molecule has 0 aromatic heterocycles. The van der Waals surface area contributed by atoms with Crippen LogP contribution in [0, 0.1) is 11.8 Å². The maximum absolute atomic E-state index is 13.9. The first-order valence-electron chi connectivity index (χ1n) is 10.9. The van der Waals surface area contributed by atoms with E-state index in [1.165, 1.54) is 25.1 Å². The minimum atomic E-state index is -2.94. The molecule has 1 amide bonds. The van der Waals surface area contributed by atoms with Gasteiger partial charge in [0.05, 0.1) is 17.5 Å². The first kappa shape index (κ1) is 24.4. The number of aliphatic hydroxyl groups is 3. The van der Waals surface area contributed by atoms with Gasteiger partial charge in [-0.25, -0.2) is 0 Å². The van der Waals surface area contributed by atoms with Gasteiger partial charge in [0, 0.05) is 18.4 Å². The number of ketones is 2. The largest absolute Gasteiger partial charge is 0.508 e. The predicted octanol–water partition coefficient (Wildman–Crippen LogP) is 0.0666. The number of Topliss-reactive ketones (excluding diaryl/α,β-unsaturated/α-hetero) is 2. The maximum atomic E-state index is 13.9. The van der Waals surface area contributed by atoms with E-state index in [2.05, 4.69) is 0 Å². The Morgan fingerprint density at radius 3 is 2.31 bits per heavy atom. The molecule has 1 fully saturated rings. The number of nitrogens with two attached hydrogens (primary N) is 1. The van der Waals surface area contributed by atoms with E-state index in [9.17, 15) is 39.6 Å². The van der Waals surface area contributed by atoms with Crippen molar-refractivity contribution >= 4 is 29.2 Å². The molecule has 11 heteroatoms. The van der Waals surface area contributed by atoms with Gasteiger partial charge >= 0.3 is 5.97 Å². The predicted molar refractivity (Wildman–Crippen MR) is 120 cm³/mol. The van der Waals surface area contributed by atoms with Crippen molar-refractivity contribution in [3.63, 3.8) is 0 Å². The third-order valence-corrected chi connectivity index (χ3v) is 7.27. The van der Waals surface area contributed by atoms with E-state index >= 15 is 0 Å². The van der Waals surface area contributed by atoms with Crippen molar-refractivity contribution in [2.75, 3.05) is 14.1 Å². The van der Waals surface area contributed by atoms with Crippen molar-refractivity contribution in [1.29, 1.82) is 0 Å². The Balaban J connectivity index is 2.12. The molecule has 1 saturated carbocycles. The van der Waals surface area contributed by atoms with Gasteiger partial charge in [0.1, 0.15) is 28.9 Å². The number of nitrogens with zero attached hydrogens (tertiary/aromatic N) is 1. The summed E-state index contributed by atoms with van der Waals surface area (Å²) < 4.78 is 5.59. The highest BCUT2D eigenvalue weighted by atomic mass is 16.5.